The molecule has 0 spiro atoms. The molecule has 25 heavy (non-hydrogen) atoms. The first kappa shape index (κ1) is 19.6. The third kappa shape index (κ3) is 5.63. The molecule has 1 aliphatic heterocycles. The highest BCUT2D eigenvalue weighted by atomic mass is 16.5. The Labute approximate surface area is 152 Å². The zero-order valence-corrected chi connectivity index (χ0v) is 16.3. The van der Waals surface area contributed by atoms with Crippen LogP contribution in [-0.2, 0) is 10.2 Å². The Morgan fingerprint density at radius 3 is 2.80 bits per heavy atom. The number of methoxy groups -OCH3 is 1. The minimum Gasteiger partial charge on any atom is -0.497 e. The van der Waals surface area contributed by atoms with Crippen molar-refractivity contribution in [3.8, 4) is 5.75 Å². The van der Waals surface area contributed by atoms with E-state index in [0.717, 1.165) is 44.2 Å². The third-order valence-electron chi connectivity index (χ3n) is 4.76. The van der Waals surface area contributed by atoms with Gasteiger partial charge in [0.2, 0.25) is 0 Å². The van der Waals surface area contributed by atoms with Crippen molar-refractivity contribution in [3.63, 3.8) is 0 Å². The molecule has 0 aromatic heterocycles. The Balaban J connectivity index is 2.02. The van der Waals surface area contributed by atoms with Crippen LogP contribution in [0.15, 0.2) is 29.3 Å². The lowest BCUT2D eigenvalue weighted by Gasteiger charge is -2.26. The summed E-state index contributed by atoms with van der Waals surface area (Å²) in [5.74, 6) is 1.72. The molecule has 140 valence electrons. The van der Waals surface area contributed by atoms with Gasteiger partial charge in [0.15, 0.2) is 5.96 Å². The lowest BCUT2D eigenvalue weighted by molar-refractivity contribution is 0.0243. The van der Waals surface area contributed by atoms with E-state index in [1.807, 2.05) is 12.1 Å². The first-order valence-corrected chi connectivity index (χ1v) is 9.19. The van der Waals surface area contributed by atoms with E-state index in [1.165, 1.54) is 5.56 Å². The average molecular weight is 348 g/mol. The number of rotatable bonds is 7. The largest absolute Gasteiger partial charge is 0.497 e. The highest BCUT2D eigenvalue weighted by molar-refractivity contribution is 5.79. The van der Waals surface area contributed by atoms with Crippen LogP contribution in [0.5, 0.6) is 5.75 Å². The van der Waals surface area contributed by atoms with Crippen molar-refractivity contribution in [1.29, 1.82) is 0 Å². The number of hydrogen-bond acceptors (Lipinski definition) is 3. The van der Waals surface area contributed by atoms with Gasteiger partial charge in [0.05, 0.1) is 19.3 Å². The van der Waals surface area contributed by atoms with E-state index < -0.39 is 0 Å². The van der Waals surface area contributed by atoms with Crippen molar-refractivity contribution in [2.45, 2.75) is 51.6 Å². The van der Waals surface area contributed by atoms with Gasteiger partial charge in [0, 0.05) is 25.1 Å². The van der Waals surface area contributed by atoms with Gasteiger partial charge in [-0.05, 0) is 44.4 Å². The second kappa shape index (κ2) is 8.56. The number of benzene rings is 1. The van der Waals surface area contributed by atoms with E-state index in [2.05, 4.69) is 50.5 Å². The summed E-state index contributed by atoms with van der Waals surface area (Å²) in [5, 5.41) is 6.77. The van der Waals surface area contributed by atoms with Gasteiger partial charge in [-0.2, -0.15) is 0 Å². The van der Waals surface area contributed by atoms with Gasteiger partial charge in [0.1, 0.15) is 5.75 Å². The molecule has 0 bridgehead atoms. The smallest absolute Gasteiger partial charge is 0.191 e. The van der Waals surface area contributed by atoms with E-state index in [4.69, 9.17) is 14.5 Å². The minimum atomic E-state index is -0.0848. The van der Waals surface area contributed by atoms with Gasteiger partial charge in [-0.15, -0.1) is 0 Å². The van der Waals surface area contributed by atoms with E-state index in [9.17, 15) is 0 Å². The maximum Gasteiger partial charge on any atom is 0.191 e. The molecule has 1 heterocycles. The Morgan fingerprint density at radius 2 is 2.16 bits per heavy atom. The molecule has 5 heteroatoms. The maximum atomic E-state index is 5.85. The van der Waals surface area contributed by atoms with Gasteiger partial charge in [-0.3, -0.25) is 4.99 Å². The molecule has 0 amide bonds. The molecule has 1 unspecified atom stereocenters. The highest BCUT2D eigenvalue weighted by Gasteiger charge is 2.29. The summed E-state index contributed by atoms with van der Waals surface area (Å²) in [5.41, 5.74) is 1.06. The van der Waals surface area contributed by atoms with Gasteiger partial charge in [-0.25, -0.2) is 0 Å². The minimum absolute atomic E-state index is 0.0787. The van der Waals surface area contributed by atoms with E-state index in [1.54, 1.807) is 7.11 Å². The zero-order valence-electron chi connectivity index (χ0n) is 16.3. The molecule has 0 aliphatic carbocycles. The number of nitrogens with one attached hydrogen (secondary N) is 2. The fourth-order valence-electron chi connectivity index (χ4n) is 3.00. The Hall–Kier alpha value is -1.75. The van der Waals surface area contributed by atoms with Crippen molar-refractivity contribution >= 4 is 5.96 Å². The summed E-state index contributed by atoms with van der Waals surface area (Å²) < 4.78 is 11.2. The first-order chi connectivity index (χ1) is 11.9. The van der Waals surface area contributed by atoms with Crippen molar-refractivity contribution in [3.05, 3.63) is 29.8 Å². The molecule has 1 aliphatic rings. The van der Waals surface area contributed by atoms with Gasteiger partial charge in [0.25, 0.3) is 0 Å². The number of ether oxygens (including phenoxy) is 2. The molecule has 2 N–H and O–H groups in total. The van der Waals surface area contributed by atoms with Crippen LogP contribution in [0.1, 0.15) is 46.1 Å². The van der Waals surface area contributed by atoms with E-state index >= 15 is 0 Å². The third-order valence-corrected chi connectivity index (χ3v) is 4.76. The average Bonchev–Trinajstić information content (AvgIpc) is 3.04. The monoisotopic (exact) mass is 347 g/mol. The zero-order chi connectivity index (χ0) is 18.3. The SMILES string of the molecule is CCNC(=NCC(C)(C)c1cccc(OC)c1)NCC1(C)CCCO1. The second-order valence-electron chi connectivity index (χ2n) is 7.57. The van der Waals surface area contributed by atoms with Crippen molar-refractivity contribution in [2.75, 3.05) is 33.4 Å². The fraction of sp³-hybridized carbons (Fsp3) is 0.650. The highest BCUT2D eigenvalue weighted by Crippen LogP contribution is 2.27. The summed E-state index contributed by atoms with van der Waals surface area (Å²) in [6.07, 6.45) is 2.23. The van der Waals surface area contributed by atoms with Crippen molar-refractivity contribution in [2.24, 2.45) is 4.99 Å². The summed E-state index contributed by atoms with van der Waals surface area (Å²) >= 11 is 0. The predicted octanol–water partition coefficient (Wildman–Crippen LogP) is 3.10. The quantitative estimate of drug-likeness (QED) is 0.588. The van der Waals surface area contributed by atoms with Crippen LogP contribution in [-0.4, -0.2) is 44.9 Å². The number of hydrogen-bond donors (Lipinski definition) is 2. The lowest BCUT2D eigenvalue weighted by Crippen LogP contribution is -2.46. The van der Waals surface area contributed by atoms with Crippen LogP contribution >= 0.6 is 0 Å². The first-order valence-electron chi connectivity index (χ1n) is 9.19. The molecule has 1 saturated heterocycles. The molecular formula is C20H33N3O2. The Morgan fingerprint density at radius 1 is 1.36 bits per heavy atom. The molecule has 1 fully saturated rings. The van der Waals surface area contributed by atoms with E-state index in [-0.39, 0.29) is 11.0 Å². The van der Waals surface area contributed by atoms with Crippen LogP contribution in [0.3, 0.4) is 0 Å². The topological polar surface area (TPSA) is 54.9 Å². The molecular weight excluding hydrogens is 314 g/mol. The maximum absolute atomic E-state index is 5.85. The molecule has 1 atom stereocenters. The van der Waals surface area contributed by atoms with Crippen molar-refractivity contribution in [1.82, 2.24) is 10.6 Å². The number of nitrogens with zero attached hydrogens (tertiary/aromatic N) is 1. The van der Waals surface area contributed by atoms with Crippen LogP contribution in [0.25, 0.3) is 0 Å². The molecule has 0 radical (unpaired) electrons. The lowest BCUT2D eigenvalue weighted by atomic mass is 9.85. The molecule has 5 nitrogen and oxygen atoms in total. The molecule has 1 aromatic carbocycles. The van der Waals surface area contributed by atoms with Crippen LogP contribution < -0.4 is 15.4 Å². The van der Waals surface area contributed by atoms with Crippen molar-refractivity contribution < 1.29 is 9.47 Å². The van der Waals surface area contributed by atoms with Crippen LogP contribution in [0, 0.1) is 0 Å². The van der Waals surface area contributed by atoms with Gasteiger partial charge < -0.3 is 20.1 Å². The Bertz CT molecular complexity index is 578. The summed E-state index contributed by atoms with van der Waals surface area (Å²) in [6, 6.07) is 8.22. The van der Waals surface area contributed by atoms with Crippen LogP contribution in [0.2, 0.25) is 0 Å². The molecule has 2 rings (SSSR count). The summed E-state index contributed by atoms with van der Waals surface area (Å²) in [4.78, 5) is 4.81. The predicted molar refractivity (Wildman–Crippen MR) is 104 cm³/mol. The molecule has 1 aromatic rings. The Kier molecular flexibility index (Phi) is 6.71. The number of guanidine groups is 1. The van der Waals surface area contributed by atoms with Gasteiger partial charge >= 0.3 is 0 Å². The van der Waals surface area contributed by atoms with E-state index in [0.29, 0.717) is 6.54 Å². The summed E-state index contributed by atoms with van der Waals surface area (Å²) in [7, 11) is 1.70. The fourth-order valence-corrected chi connectivity index (χ4v) is 3.00. The summed E-state index contributed by atoms with van der Waals surface area (Å²) in [6.45, 7) is 11.8. The standard InChI is InChI=1S/C20H33N3O2/c1-6-21-18(23-15-20(4)11-8-12-25-20)22-14-19(2,3)16-9-7-10-17(13-16)24-5/h7,9-10,13H,6,8,11-12,14-15H2,1-5H3,(H2,21,22,23). The van der Waals surface area contributed by atoms with Gasteiger partial charge in [-0.1, -0.05) is 26.0 Å². The normalized spacial score (nSPS) is 21.2. The number of aliphatic imine (C=N–C) groups is 1. The second-order valence-corrected chi connectivity index (χ2v) is 7.57. The molecule has 0 saturated carbocycles. The van der Waals surface area contributed by atoms with Crippen LogP contribution in [0.4, 0.5) is 0 Å².